The third-order valence-corrected chi connectivity index (χ3v) is 3.11. The lowest BCUT2D eigenvalue weighted by Gasteiger charge is -2.13. The van der Waals surface area contributed by atoms with Crippen molar-refractivity contribution < 1.29 is 4.42 Å². The molecule has 0 amide bonds. The summed E-state index contributed by atoms with van der Waals surface area (Å²) in [4.78, 5) is 0. The lowest BCUT2D eigenvalue weighted by molar-refractivity contribution is 0.430. The van der Waals surface area contributed by atoms with E-state index in [0.717, 1.165) is 17.3 Å². The second-order valence-corrected chi connectivity index (χ2v) is 4.63. The van der Waals surface area contributed by atoms with Crippen LogP contribution in [0.4, 0.5) is 0 Å². The highest BCUT2D eigenvalue weighted by Gasteiger charge is 2.08. The van der Waals surface area contributed by atoms with Gasteiger partial charge in [-0.25, -0.2) is 0 Å². The van der Waals surface area contributed by atoms with Crippen molar-refractivity contribution in [2.75, 3.05) is 0 Å². The van der Waals surface area contributed by atoms with Gasteiger partial charge in [-0.3, -0.25) is 0 Å². The molecule has 1 atom stereocenters. The van der Waals surface area contributed by atoms with Gasteiger partial charge in [0.15, 0.2) is 0 Å². The SMILES string of the molecule is Cc1cc(Cl)ccc1CNC(C)c1ccco1. The van der Waals surface area contributed by atoms with Crippen LogP contribution in [0.25, 0.3) is 0 Å². The third kappa shape index (κ3) is 3.11. The molecule has 0 aliphatic heterocycles. The van der Waals surface area contributed by atoms with Gasteiger partial charge in [0.2, 0.25) is 0 Å². The van der Waals surface area contributed by atoms with Crippen LogP contribution in [0.15, 0.2) is 41.0 Å². The van der Waals surface area contributed by atoms with Gasteiger partial charge in [0.1, 0.15) is 5.76 Å². The van der Waals surface area contributed by atoms with E-state index in [9.17, 15) is 0 Å². The lowest BCUT2D eigenvalue weighted by atomic mass is 10.1. The fourth-order valence-corrected chi connectivity index (χ4v) is 1.99. The quantitative estimate of drug-likeness (QED) is 0.883. The predicted octanol–water partition coefficient (Wildman–Crippen LogP) is 4.09. The first-order valence-corrected chi connectivity index (χ1v) is 6.06. The second kappa shape index (κ2) is 5.39. The van der Waals surface area contributed by atoms with E-state index in [1.54, 1.807) is 6.26 Å². The highest BCUT2D eigenvalue weighted by molar-refractivity contribution is 6.30. The minimum Gasteiger partial charge on any atom is -0.468 e. The number of benzene rings is 1. The van der Waals surface area contributed by atoms with Crippen LogP contribution in [0.5, 0.6) is 0 Å². The van der Waals surface area contributed by atoms with E-state index in [4.69, 9.17) is 16.0 Å². The molecule has 0 bridgehead atoms. The zero-order valence-electron chi connectivity index (χ0n) is 10.0. The summed E-state index contributed by atoms with van der Waals surface area (Å²) < 4.78 is 5.35. The van der Waals surface area contributed by atoms with Gasteiger partial charge in [0.25, 0.3) is 0 Å². The molecule has 1 aromatic heterocycles. The molecule has 2 nitrogen and oxygen atoms in total. The standard InChI is InChI=1S/C14H16ClNO/c1-10-8-13(15)6-5-12(10)9-16-11(2)14-4-3-7-17-14/h3-8,11,16H,9H2,1-2H3. The van der Waals surface area contributed by atoms with Crippen molar-refractivity contribution in [2.45, 2.75) is 26.4 Å². The summed E-state index contributed by atoms with van der Waals surface area (Å²) in [5.74, 6) is 0.955. The van der Waals surface area contributed by atoms with E-state index in [1.807, 2.05) is 24.3 Å². The van der Waals surface area contributed by atoms with Gasteiger partial charge in [0, 0.05) is 11.6 Å². The minimum atomic E-state index is 0.208. The number of nitrogens with one attached hydrogen (secondary N) is 1. The molecule has 0 aliphatic rings. The van der Waals surface area contributed by atoms with Crippen molar-refractivity contribution in [1.29, 1.82) is 0 Å². The van der Waals surface area contributed by atoms with Crippen molar-refractivity contribution in [2.24, 2.45) is 0 Å². The van der Waals surface area contributed by atoms with E-state index in [-0.39, 0.29) is 6.04 Å². The van der Waals surface area contributed by atoms with Crippen molar-refractivity contribution in [3.05, 3.63) is 58.5 Å². The molecule has 17 heavy (non-hydrogen) atoms. The van der Waals surface area contributed by atoms with Crippen molar-refractivity contribution in [3.63, 3.8) is 0 Å². The molecule has 1 N–H and O–H groups in total. The number of hydrogen-bond donors (Lipinski definition) is 1. The fourth-order valence-electron chi connectivity index (χ4n) is 1.76. The maximum atomic E-state index is 5.93. The van der Waals surface area contributed by atoms with Gasteiger partial charge in [-0.15, -0.1) is 0 Å². The van der Waals surface area contributed by atoms with Crippen LogP contribution in [0, 0.1) is 6.92 Å². The summed E-state index contributed by atoms with van der Waals surface area (Å²) in [6.45, 7) is 4.97. The molecule has 1 unspecified atom stereocenters. The van der Waals surface area contributed by atoms with Gasteiger partial charge < -0.3 is 9.73 Å². The Morgan fingerprint density at radius 2 is 2.18 bits per heavy atom. The normalized spacial score (nSPS) is 12.6. The number of hydrogen-bond acceptors (Lipinski definition) is 2. The van der Waals surface area contributed by atoms with Gasteiger partial charge in [-0.05, 0) is 49.2 Å². The van der Waals surface area contributed by atoms with Crippen LogP contribution < -0.4 is 5.32 Å². The summed E-state index contributed by atoms with van der Waals surface area (Å²) in [7, 11) is 0. The van der Waals surface area contributed by atoms with Crippen LogP contribution in [-0.4, -0.2) is 0 Å². The first kappa shape index (κ1) is 12.2. The number of halogens is 1. The number of aryl methyl sites for hydroxylation is 1. The Morgan fingerprint density at radius 3 is 2.82 bits per heavy atom. The molecule has 90 valence electrons. The Kier molecular flexibility index (Phi) is 3.87. The first-order chi connectivity index (χ1) is 8.16. The summed E-state index contributed by atoms with van der Waals surface area (Å²) in [5, 5.41) is 4.21. The highest BCUT2D eigenvalue weighted by atomic mass is 35.5. The predicted molar refractivity (Wildman–Crippen MR) is 70.2 cm³/mol. The Labute approximate surface area is 107 Å². The molecule has 0 fully saturated rings. The molecular formula is C14H16ClNO. The Bertz CT molecular complexity index is 479. The smallest absolute Gasteiger partial charge is 0.120 e. The molecule has 1 heterocycles. The van der Waals surface area contributed by atoms with Crippen LogP contribution in [0.3, 0.4) is 0 Å². The molecule has 0 spiro atoms. The number of furan rings is 1. The molecule has 3 heteroatoms. The van der Waals surface area contributed by atoms with Gasteiger partial charge in [-0.1, -0.05) is 17.7 Å². The maximum Gasteiger partial charge on any atom is 0.120 e. The summed E-state index contributed by atoms with van der Waals surface area (Å²) in [6, 6.07) is 10.0. The fraction of sp³-hybridized carbons (Fsp3) is 0.286. The average molecular weight is 250 g/mol. The van der Waals surface area contributed by atoms with Gasteiger partial charge in [-0.2, -0.15) is 0 Å². The zero-order valence-corrected chi connectivity index (χ0v) is 10.8. The molecule has 0 saturated carbocycles. The van der Waals surface area contributed by atoms with Gasteiger partial charge in [0.05, 0.1) is 12.3 Å². The van der Waals surface area contributed by atoms with Gasteiger partial charge >= 0.3 is 0 Å². The first-order valence-electron chi connectivity index (χ1n) is 5.68. The van der Waals surface area contributed by atoms with Crippen molar-refractivity contribution >= 4 is 11.6 Å². The molecule has 0 saturated heterocycles. The Hall–Kier alpha value is -1.25. The summed E-state index contributed by atoms with van der Waals surface area (Å²) in [6.07, 6.45) is 1.70. The minimum absolute atomic E-state index is 0.208. The van der Waals surface area contributed by atoms with E-state index in [2.05, 4.69) is 25.2 Å². The Morgan fingerprint density at radius 1 is 1.35 bits per heavy atom. The topological polar surface area (TPSA) is 25.2 Å². The molecule has 2 aromatic rings. The van der Waals surface area contributed by atoms with E-state index < -0.39 is 0 Å². The zero-order chi connectivity index (χ0) is 12.3. The second-order valence-electron chi connectivity index (χ2n) is 4.19. The molecule has 2 rings (SSSR count). The average Bonchev–Trinajstić information content (AvgIpc) is 2.81. The third-order valence-electron chi connectivity index (χ3n) is 2.87. The van der Waals surface area contributed by atoms with E-state index in [1.165, 1.54) is 11.1 Å². The van der Waals surface area contributed by atoms with E-state index in [0.29, 0.717) is 0 Å². The van der Waals surface area contributed by atoms with Crippen LogP contribution in [0.1, 0.15) is 29.9 Å². The molecule has 0 aliphatic carbocycles. The van der Waals surface area contributed by atoms with Crippen LogP contribution >= 0.6 is 11.6 Å². The summed E-state index contributed by atoms with van der Waals surface area (Å²) >= 11 is 5.93. The molecular weight excluding hydrogens is 234 g/mol. The van der Waals surface area contributed by atoms with Crippen LogP contribution in [0.2, 0.25) is 5.02 Å². The van der Waals surface area contributed by atoms with E-state index >= 15 is 0 Å². The monoisotopic (exact) mass is 249 g/mol. The number of rotatable bonds is 4. The lowest BCUT2D eigenvalue weighted by Crippen LogP contribution is -2.18. The largest absolute Gasteiger partial charge is 0.468 e. The highest BCUT2D eigenvalue weighted by Crippen LogP contribution is 2.17. The summed E-state index contributed by atoms with van der Waals surface area (Å²) in [5.41, 5.74) is 2.46. The Balaban J connectivity index is 1.98. The molecule has 0 radical (unpaired) electrons. The van der Waals surface area contributed by atoms with Crippen molar-refractivity contribution in [3.8, 4) is 0 Å². The molecule has 1 aromatic carbocycles. The maximum absolute atomic E-state index is 5.93. The van der Waals surface area contributed by atoms with Crippen LogP contribution in [-0.2, 0) is 6.54 Å². The van der Waals surface area contributed by atoms with Crippen molar-refractivity contribution in [1.82, 2.24) is 5.32 Å².